The Bertz CT molecular complexity index is 390. The van der Waals surface area contributed by atoms with Crippen molar-refractivity contribution in [1.82, 2.24) is 9.88 Å². The zero-order chi connectivity index (χ0) is 13.5. The van der Waals surface area contributed by atoms with Crippen molar-refractivity contribution in [3.05, 3.63) is 15.6 Å². The van der Waals surface area contributed by atoms with Crippen LogP contribution in [-0.4, -0.2) is 36.5 Å². The number of likely N-dealkylation sites (N-methyl/N-ethyl adjacent to an activating group) is 1. The number of rotatable bonds is 7. The van der Waals surface area contributed by atoms with Gasteiger partial charge in [0.25, 0.3) is 0 Å². The van der Waals surface area contributed by atoms with E-state index in [0.29, 0.717) is 13.0 Å². The van der Waals surface area contributed by atoms with Gasteiger partial charge in [-0.05, 0) is 13.3 Å². The first-order chi connectivity index (χ1) is 8.58. The summed E-state index contributed by atoms with van der Waals surface area (Å²) in [5.41, 5.74) is 0.948. The fourth-order valence-electron chi connectivity index (χ4n) is 1.63. The van der Waals surface area contributed by atoms with Crippen LogP contribution < -0.4 is 0 Å². The van der Waals surface area contributed by atoms with Crippen molar-refractivity contribution in [3.8, 4) is 0 Å². The summed E-state index contributed by atoms with van der Waals surface area (Å²) < 4.78 is 5.05. The molecule has 1 aromatic rings. The van der Waals surface area contributed by atoms with E-state index in [1.54, 1.807) is 23.3 Å². The van der Waals surface area contributed by atoms with Gasteiger partial charge in [-0.1, -0.05) is 13.3 Å². The van der Waals surface area contributed by atoms with E-state index in [0.717, 1.165) is 35.0 Å². The maximum Gasteiger partial charge on any atom is 0.227 e. The maximum atomic E-state index is 12.0. The Morgan fingerprint density at radius 1 is 1.50 bits per heavy atom. The Hall–Kier alpha value is -0.940. The minimum Gasteiger partial charge on any atom is -0.378 e. The van der Waals surface area contributed by atoms with Gasteiger partial charge in [-0.2, -0.15) is 0 Å². The lowest BCUT2D eigenvalue weighted by molar-refractivity contribution is -0.129. The second-order valence-electron chi connectivity index (χ2n) is 4.39. The minimum atomic E-state index is 0.166. The number of carbonyl (C=O) groups excluding carboxylic acids is 1. The van der Waals surface area contributed by atoms with E-state index < -0.39 is 0 Å². The largest absolute Gasteiger partial charge is 0.378 e. The van der Waals surface area contributed by atoms with Gasteiger partial charge in [0.05, 0.1) is 18.7 Å². The Kier molecular flexibility index (Phi) is 6.29. The molecule has 0 atom stereocenters. The van der Waals surface area contributed by atoms with Crippen LogP contribution in [0.3, 0.4) is 0 Å². The molecular weight excluding hydrogens is 248 g/mol. The average molecular weight is 270 g/mol. The van der Waals surface area contributed by atoms with Crippen LogP contribution in [0.5, 0.6) is 0 Å². The van der Waals surface area contributed by atoms with E-state index in [-0.39, 0.29) is 5.91 Å². The number of nitrogens with zero attached hydrogens (tertiary/aromatic N) is 2. The molecule has 0 spiro atoms. The molecule has 102 valence electrons. The van der Waals surface area contributed by atoms with Gasteiger partial charge in [0.2, 0.25) is 5.91 Å². The van der Waals surface area contributed by atoms with Crippen LogP contribution in [0.2, 0.25) is 0 Å². The first-order valence-corrected chi connectivity index (χ1v) is 7.08. The molecule has 1 amide bonds. The van der Waals surface area contributed by atoms with E-state index in [1.807, 2.05) is 14.0 Å². The number of aryl methyl sites for hydroxylation is 1. The van der Waals surface area contributed by atoms with E-state index in [1.165, 1.54) is 0 Å². The molecule has 4 nitrogen and oxygen atoms in total. The summed E-state index contributed by atoms with van der Waals surface area (Å²) >= 11 is 1.57. The highest BCUT2D eigenvalue weighted by Crippen LogP contribution is 2.19. The average Bonchev–Trinajstić information content (AvgIpc) is 2.67. The Balaban J connectivity index is 2.58. The summed E-state index contributed by atoms with van der Waals surface area (Å²) in [6.07, 6.45) is 2.61. The van der Waals surface area contributed by atoms with Crippen molar-refractivity contribution >= 4 is 17.2 Å². The monoisotopic (exact) mass is 270 g/mol. The third kappa shape index (κ3) is 4.38. The SMILES string of the molecule is CCCCN(C)C(=O)Cc1sc(COC)nc1C. The normalized spacial score (nSPS) is 10.7. The summed E-state index contributed by atoms with van der Waals surface area (Å²) in [5.74, 6) is 0.166. The van der Waals surface area contributed by atoms with Gasteiger partial charge in [-0.25, -0.2) is 4.98 Å². The molecule has 18 heavy (non-hydrogen) atoms. The van der Waals surface area contributed by atoms with E-state index in [9.17, 15) is 4.79 Å². The van der Waals surface area contributed by atoms with E-state index >= 15 is 0 Å². The van der Waals surface area contributed by atoms with Gasteiger partial charge in [0.1, 0.15) is 5.01 Å². The maximum absolute atomic E-state index is 12.0. The molecule has 0 saturated heterocycles. The Morgan fingerprint density at radius 3 is 2.83 bits per heavy atom. The van der Waals surface area contributed by atoms with Gasteiger partial charge >= 0.3 is 0 Å². The second kappa shape index (κ2) is 7.48. The van der Waals surface area contributed by atoms with Crippen molar-refractivity contribution in [1.29, 1.82) is 0 Å². The van der Waals surface area contributed by atoms with Crippen LogP contribution in [0.1, 0.15) is 35.3 Å². The second-order valence-corrected chi connectivity index (χ2v) is 5.56. The lowest BCUT2D eigenvalue weighted by Crippen LogP contribution is -2.29. The molecule has 0 fully saturated rings. The molecule has 5 heteroatoms. The molecule has 1 heterocycles. The molecule has 0 aliphatic rings. The first kappa shape index (κ1) is 15.1. The third-order valence-electron chi connectivity index (χ3n) is 2.79. The number of methoxy groups -OCH3 is 1. The standard InChI is InChI=1S/C13H22N2O2S/c1-5-6-7-15(3)13(16)8-11-10(2)14-12(18-11)9-17-4/h5-9H2,1-4H3. The van der Waals surface area contributed by atoms with Crippen molar-refractivity contribution in [2.45, 2.75) is 39.7 Å². The zero-order valence-corrected chi connectivity index (χ0v) is 12.5. The summed E-state index contributed by atoms with van der Waals surface area (Å²) in [6.45, 7) is 5.43. The number of ether oxygens (including phenoxy) is 1. The first-order valence-electron chi connectivity index (χ1n) is 6.26. The highest BCUT2D eigenvalue weighted by atomic mass is 32.1. The lowest BCUT2D eigenvalue weighted by atomic mass is 10.2. The summed E-state index contributed by atoms with van der Waals surface area (Å²) in [4.78, 5) is 19.3. The van der Waals surface area contributed by atoms with Gasteiger partial charge in [0.15, 0.2) is 0 Å². The van der Waals surface area contributed by atoms with Crippen LogP contribution in [-0.2, 0) is 22.6 Å². The summed E-state index contributed by atoms with van der Waals surface area (Å²) in [7, 11) is 3.52. The molecule has 0 N–H and O–H groups in total. The van der Waals surface area contributed by atoms with Crippen LogP contribution >= 0.6 is 11.3 Å². The van der Waals surface area contributed by atoms with E-state index in [4.69, 9.17) is 4.74 Å². The number of hydrogen-bond acceptors (Lipinski definition) is 4. The molecule has 0 unspecified atom stereocenters. The predicted molar refractivity (Wildman–Crippen MR) is 73.8 cm³/mol. The molecule has 0 aromatic carbocycles. The molecule has 0 bridgehead atoms. The summed E-state index contributed by atoms with van der Waals surface area (Å²) in [6, 6.07) is 0. The highest BCUT2D eigenvalue weighted by molar-refractivity contribution is 7.11. The van der Waals surface area contributed by atoms with Crippen LogP contribution in [0.15, 0.2) is 0 Å². The third-order valence-corrected chi connectivity index (χ3v) is 3.92. The molecule has 0 aliphatic heterocycles. The smallest absolute Gasteiger partial charge is 0.227 e. The Morgan fingerprint density at radius 2 is 2.22 bits per heavy atom. The van der Waals surface area contributed by atoms with Gasteiger partial charge < -0.3 is 9.64 Å². The highest BCUT2D eigenvalue weighted by Gasteiger charge is 2.14. The molecule has 1 rings (SSSR count). The molecule has 0 radical (unpaired) electrons. The quantitative estimate of drug-likeness (QED) is 0.764. The number of hydrogen-bond donors (Lipinski definition) is 0. The number of aromatic nitrogens is 1. The molecule has 0 aliphatic carbocycles. The van der Waals surface area contributed by atoms with Gasteiger partial charge in [0, 0.05) is 25.6 Å². The lowest BCUT2D eigenvalue weighted by Gasteiger charge is -2.16. The van der Waals surface area contributed by atoms with Crippen molar-refractivity contribution in [2.24, 2.45) is 0 Å². The molecule has 0 saturated carbocycles. The fraction of sp³-hybridized carbons (Fsp3) is 0.692. The van der Waals surface area contributed by atoms with Gasteiger partial charge in [-0.15, -0.1) is 11.3 Å². The Labute approximate surface area is 113 Å². The van der Waals surface area contributed by atoms with Crippen LogP contribution in [0.4, 0.5) is 0 Å². The van der Waals surface area contributed by atoms with Crippen molar-refractivity contribution in [3.63, 3.8) is 0 Å². The van der Waals surface area contributed by atoms with E-state index in [2.05, 4.69) is 11.9 Å². The number of carbonyl (C=O) groups is 1. The zero-order valence-electron chi connectivity index (χ0n) is 11.7. The van der Waals surface area contributed by atoms with Crippen molar-refractivity contribution < 1.29 is 9.53 Å². The number of thiazole rings is 1. The topological polar surface area (TPSA) is 42.4 Å². The number of amides is 1. The van der Waals surface area contributed by atoms with Crippen LogP contribution in [0.25, 0.3) is 0 Å². The molecule has 1 aromatic heterocycles. The van der Waals surface area contributed by atoms with Gasteiger partial charge in [-0.3, -0.25) is 4.79 Å². The molecular formula is C13H22N2O2S. The fourth-order valence-corrected chi connectivity index (χ4v) is 2.66. The minimum absolute atomic E-state index is 0.166. The number of unbranched alkanes of at least 4 members (excludes halogenated alkanes) is 1. The van der Waals surface area contributed by atoms with Crippen LogP contribution in [0, 0.1) is 6.92 Å². The van der Waals surface area contributed by atoms with Crippen molar-refractivity contribution in [2.75, 3.05) is 20.7 Å². The predicted octanol–water partition coefficient (Wildman–Crippen LogP) is 2.40. The summed E-state index contributed by atoms with van der Waals surface area (Å²) in [5, 5.41) is 0.939.